The summed E-state index contributed by atoms with van der Waals surface area (Å²) in [6.45, 7) is 3.71. The van der Waals surface area contributed by atoms with E-state index in [2.05, 4.69) is 0 Å². The Morgan fingerprint density at radius 2 is 2.27 bits per heavy atom. The molecule has 0 saturated heterocycles. The Morgan fingerprint density at radius 3 is 2.73 bits per heavy atom. The van der Waals surface area contributed by atoms with Crippen LogP contribution in [-0.4, -0.2) is 5.11 Å². The number of hydrogen-bond acceptors (Lipinski definition) is 2. The van der Waals surface area contributed by atoms with Crippen LogP contribution in [0.15, 0.2) is 28.7 Å². The summed E-state index contributed by atoms with van der Waals surface area (Å²) >= 11 is 0. The highest BCUT2D eigenvalue weighted by Gasteiger charge is 2.05. The van der Waals surface area contributed by atoms with E-state index in [4.69, 9.17) is 4.42 Å². The first-order chi connectivity index (χ1) is 5.24. The first-order valence-corrected chi connectivity index (χ1v) is 3.61. The Bertz CT molecular complexity index is 248. The maximum Gasteiger partial charge on any atom is 0.136 e. The molecule has 1 heterocycles. The third-order valence-corrected chi connectivity index (χ3v) is 1.43. The van der Waals surface area contributed by atoms with E-state index in [1.54, 1.807) is 18.2 Å². The number of aryl methyl sites for hydroxylation is 1. The van der Waals surface area contributed by atoms with Gasteiger partial charge in [0.1, 0.15) is 17.6 Å². The molecule has 0 fully saturated rings. The highest BCUT2D eigenvalue weighted by atomic mass is 16.4. The fraction of sp³-hybridized carbons (Fsp3) is 0.333. The van der Waals surface area contributed by atoms with Gasteiger partial charge in [-0.2, -0.15) is 0 Å². The Morgan fingerprint density at radius 1 is 1.55 bits per heavy atom. The van der Waals surface area contributed by atoms with Crippen molar-refractivity contribution >= 4 is 0 Å². The average Bonchev–Trinajstić information content (AvgIpc) is 2.36. The molecule has 60 valence electrons. The maximum atomic E-state index is 9.35. The van der Waals surface area contributed by atoms with Crippen molar-refractivity contribution < 1.29 is 9.52 Å². The lowest BCUT2D eigenvalue weighted by Gasteiger charge is -1.98. The van der Waals surface area contributed by atoms with Crippen LogP contribution in [-0.2, 0) is 0 Å². The number of rotatable bonds is 2. The molecule has 1 aromatic heterocycles. The average molecular weight is 152 g/mol. The molecule has 1 atom stereocenters. The van der Waals surface area contributed by atoms with Crippen molar-refractivity contribution in [2.24, 2.45) is 0 Å². The van der Waals surface area contributed by atoms with E-state index in [0.717, 1.165) is 5.76 Å². The van der Waals surface area contributed by atoms with Crippen molar-refractivity contribution in [2.45, 2.75) is 20.0 Å². The summed E-state index contributed by atoms with van der Waals surface area (Å²) in [5.41, 5.74) is 0. The summed E-state index contributed by atoms with van der Waals surface area (Å²) in [6.07, 6.45) is 2.87. The van der Waals surface area contributed by atoms with Crippen LogP contribution in [0.5, 0.6) is 0 Å². The monoisotopic (exact) mass is 152 g/mol. The quantitative estimate of drug-likeness (QED) is 0.659. The number of hydrogen-bond donors (Lipinski definition) is 1. The van der Waals surface area contributed by atoms with Crippen molar-refractivity contribution in [1.29, 1.82) is 0 Å². The van der Waals surface area contributed by atoms with Gasteiger partial charge in [0.05, 0.1) is 0 Å². The van der Waals surface area contributed by atoms with Gasteiger partial charge in [-0.25, -0.2) is 0 Å². The van der Waals surface area contributed by atoms with Crippen molar-refractivity contribution in [2.75, 3.05) is 0 Å². The molecule has 0 aliphatic rings. The largest absolute Gasteiger partial charge is 0.463 e. The molecule has 2 heteroatoms. The van der Waals surface area contributed by atoms with E-state index >= 15 is 0 Å². The first kappa shape index (κ1) is 8.08. The zero-order valence-corrected chi connectivity index (χ0v) is 6.74. The van der Waals surface area contributed by atoms with Crippen LogP contribution in [0.4, 0.5) is 0 Å². The van der Waals surface area contributed by atoms with Crippen molar-refractivity contribution in [1.82, 2.24) is 0 Å². The van der Waals surface area contributed by atoms with Crippen LogP contribution in [0.1, 0.15) is 24.5 Å². The van der Waals surface area contributed by atoms with E-state index in [1.165, 1.54) is 0 Å². The van der Waals surface area contributed by atoms with Gasteiger partial charge in [-0.05, 0) is 26.0 Å². The van der Waals surface area contributed by atoms with Crippen molar-refractivity contribution in [3.63, 3.8) is 0 Å². The van der Waals surface area contributed by atoms with Gasteiger partial charge >= 0.3 is 0 Å². The predicted molar refractivity (Wildman–Crippen MR) is 43.2 cm³/mol. The van der Waals surface area contributed by atoms with Crippen LogP contribution >= 0.6 is 0 Å². The fourth-order valence-electron chi connectivity index (χ4n) is 0.890. The fourth-order valence-corrected chi connectivity index (χ4v) is 0.890. The van der Waals surface area contributed by atoms with Crippen LogP contribution in [0.25, 0.3) is 0 Å². The summed E-state index contributed by atoms with van der Waals surface area (Å²) < 4.78 is 5.20. The molecule has 1 unspecified atom stereocenters. The Balaban J connectivity index is 2.76. The van der Waals surface area contributed by atoms with Crippen LogP contribution in [0.2, 0.25) is 0 Å². The molecule has 2 nitrogen and oxygen atoms in total. The molecule has 0 bridgehead atoms. The third kappa shape index (κ3) is 1.95. The second kappa shape index (κ2) is 3.39. The van der Waals surface area contributed by atoms with E-state index in [9.17, 15) is 5.11 Å². The lowest BCUT2D eigenvalue weighted by Crippen LogP contribution is -1.88. The molecule has 1 aromatic rings. The summed E-state index contributed by atoms with van der Waals surface area (Å²) in [5.74, 6) is 1.42. The second-order valence-corrected chi connectivity index (χ2v) is 2.42. The van der Waals surface area contributed by atoms with Gasteiger partial charge in [0.2, 0.25) is 0 Å². The molecule has 0 aliphatic heterocycles. The van der Waals surface area contributed by atoms with Gasteiger partial charge in [0.15, 0.2) is 0 Å². The lowest BCUT2D eigenvalue weighted by atomic mass is 10.2. The first-order valence-electron chi connectivity index (χ1n) is 3.61. The van der Waals surface area contributed by atoms with Crippen LogP contribution in [0, 0.1) is 6.92 Å². The molecule has 0 aromatic carbocycles. The molecule has 0 spiro atoms. The summed E-state index contributed by atoms with van der Waals surface area (Å²) in [4.78, 5) is 0. The Hall–Kier alpha value is -1.02. The van der Waals surface area contributed by atoms with Crippen molar-refractivity contribution in [3.8, 4) is 0 Å². The Labute approximate surface area is 66.2 Å². The molecule has 0 aliphatic carbocycles. The minimum Gasteiger partial charge on any atom is -0.463 e. The molecule has 0 amide bonds. The van der Waals surface area contributed by atoms with Gasteiger partial charge in [-0.1, -0.05) is 12.2 Å². The smallest absolute Gasteiger partial charge is 0.136 e. The highest BCUT2D eigenvalue weighted by molar-refractivity contribution is 5.12. The van der Waals surface area contributed by atoms with Gasteiger partial charge in [-0.15, -0.1) is 0 Å². The number of aliphatic hydroxyl groups excluding tert-OH is 1. The van der Waals surface area contributed by atoms with Crippen molar-refractivity contribution in [3.05, 3.63) is 35.8 Å². The minimum absolute atomic E-state index is 0.598. The lowest BCUT2D eigenvalue weighted by molar-refractivity contribution is 0.195. The second-order valence-electron chi connectivity index (χ2n) is 2.42. The van der Waals surface area contributed by atoms with Crippen LogP contribution in [0.3, 0.4) is 0 Å². The maximum absolute atomic E-state index is 9.35. The molecule has 0 radical (unpaired) electrons. The van der Waals surface area contributed by atoms with Gasteiger partial charge in [-0.3, -0.25) is 0 Å². The molecular formula is C9H12O2. The van der Waals surface area contributed by atoms with E-state index in [-0.39, 0.29) is 0 Å². The number of aliphatic hydroxyl groups is 1. The normalized spacial score (nSPS) is 14.1. The number of furan rings is 1. The highest BCUT2D eigenvalue weighted by Crippen LogP contribution is 2.16. The molecule has 11 heavy (non-hydrogen) atoms. The topological polar surface area (TPSA) is 33.4 Å². The predicted octanol–water partition coefficient (Wildman–Crippen LogP) is 2.20. The van der Waals surface area contributed by atoms with E-state index < -0.39 is 6.10 Å². The Kier molecular flexibility index (Phi) is 2.49. The summed E-state index contributed by atoms with van der Waals surface area (Å²) in [6, 6.07) is 3.61. The molecule has 1 N–H and O–H groups in total. The zero-order valence-electron chi connectivity index (χ0n) is 6.74. The van der Waals surface area contributed by atoms with Crippen LogP contribution < -0.4 is 0 Å². The summed E-state index contributed by atoms with van der Waals surface area (Å²) in [5, 5.41) is 9.35. The SMILES string of the molecule is CC=CC(O)c1ccc(C)o1. The molecular weight excluding hydrogens is 140 g/mol. The molecule has 0 saturated carbocycles. The molecule has 1 rings (SSSR count). The van der Waals surface area contributed by atoms with Gasteiger partial charge < -0.3 is 9.52 Å². The number of allylic oxidation sites excluding steroid dienone is 1. The van der Waals surface area contributed by atoms with Gasteiger partial charge in [0.25, 0.3) is 0 Å². The standard InChI is InChI=1S/C9H12O2/c1-3-4-8(10)9-6-5-7(2)11-9/h3-6,8,10H,1-2H3. The van der Waals surface area contributed by atoms with E-state index in [0.29, 0.717) is 5.76 Å². The summed E-state index contributed by atoms with van der Waals surface area (Å²) in [7, 11) is 0. The van der Waals surface area contributed by atoms with E-state index in [1.807, 2.05) is 19.9 Å². The minimum atomic E-state index is -0.603. The third-order valence-electron chi connectivity index (χ3n) is 1.43. The zero-order chi connectivity index (χ0) is 8.27. The van der Waals surface area contributed by atoms with Gasteiger partial charge in [0, 0.05) is 0 Å².